The number of carboxylic acids is 1. The highest BCUT2D eigenvalue weighted by Gasteiger charge is 2.24. The lowest BCUT2D eigenvalue weighted by molar-refractivity contribution is -0.138. The molecule has 0 saturated carbocycles. The number of aliphatic carboxylic acids is 1. The van der Waals surface area contributed by atoms with E-state index in [2.05, 4.69) is 0 Å². The van der Waals surface area contributed by atoms with E-state index < -0.39 is 29.1 Å². The van der Waals surface area contributed by atoms with Gasteiger partial charge in [-0.2, -0.15) is 0 Å². The number of ether oxygens (including phenoxy) is 1. The van der Waals surface area contributed by atoms with E-state index in [0.29, 0.717) is 0 Å². The quantitative estimate of drug-likeness (QED) is 0.687. The molecule has 0 aliphatic carbocycles. The Kier molecular flexibility index (Phi) is 3.11. The van der Waals surface area contributed by atoms with E-state index in [-0.39, 0.29) is 5.75 Å². The number of carboxylic acid groups (broad SMARTS) is 1. The van der Waals surface area contributed by atoms with E-state index in [1.54, 1.807) is 0 Å². The number of hydrogen-bond donors (Lipinski definition) is 3. The van der Waals surface area contributed by atoms with Gasteiger partial charge in [-0.05, 0) is 12.1 Å². The highest BCUT2D eigenvalue weighted by molar-refractivity contribution is 5.77. The smallest absolute Gasteiger partial charge is 0.325 e. The SMILES string of the molecule is COc1ccc(F)c(C(N)C(=O)O)c1O. The van der Waals surface area contributed by atoms with Gasteiger partial charge < -0.3 is 20.7 Å². The summed E-state index contributed by atoms with van der Waals surface area (Å²) in [6.07, 6.45) is 0. The number of nitrogens with two attached hydrogens (primary N) is 1. The van der Waals surface area contributed by atoms with Crippen molar-refractivity contribution in [3.63, 3.8) is 0 Å². The predicted molar refractivity (Wildman–Crippen MR) is 49.2 cm³/mol. The summed E-state index contributed by atoms with van der Waals surface area (Å²) < 4.78 is 17.9. The summed E-state index contributed by atoms with van der Waals surface area (Å²) in [5.41, 5.74) is 4.72. The molecule has 15 heavy (non-hydrogen) atoms. The van der Waals surface area contributed by atoms with Crippen LogP contribution in [0.15, 0.2) is 12.1 Å². The van der Waals surface area contributed by atoms with Gasteiger partial charge in [0, 0.05) is 0 Å². The minimum atomic E-state index is -1.62. The van der Waals surface area contributed by atoms with Crippen LogP contribution in [-0.4, -0.2) is 23.3 Å². The molecule has 0 aliphatic heterocycles. The summed E-state index contributed by atoms with van der Waals surface area (Å²) in [4.78, 5) is 10.6. The zero-order chi connectivity index (χ0) is 11.6. The molecule has 0 fully saturated rings. The molecule has 0 aliphatic rings. The van der Waals surface area contributed by atoms with Crippen LogP contribution in [0.25, 0.3) is 0 Å². The van der Waals surface area contributed by atoms with Crippen molar-refractivity contribution in [3.05, 3.63) is 23.5 Å². The predicted octanol–water partition coefficient (Wildman–Crippen LogP) is 0.624. The second kappa shape index (κ2) is 4.14. The minimum Gasteiger partial charge on any atom is -0.504 e. The van der Waals surface area contributed by atoms with Crippen molar-refractivity contribution >= 4 is 5.97 Å². The van der Waals surface area contributed by atoms with Crippen LogP contribution in [0.4, 0.5) is 4.39 Å². The number of phenols is 1. The Morgan fingerprint density at radius 2 is 2.20 bits per heavy atom. The largest absolute Gasteiger partial charge is 0.504 e. The second-order valence-corrected chi connectivity index (χ2v) is 2.83. The third-order valence-electron chi connectivity index (χ3n) is 1.92. The van der Waals surface area contributed by atoms with Gasteiger partial charge in [0.1, 0.15) is 11.9 Å². The Morgan fingerprint density at radius 1 is 1.60 bits per heavy atom. The average molecular weight is 215 g/mol. The molecule has 0 spiro atoms. The Hall–Kier alpha value is -1.82. The van der Waals surface area contributed by atoms with Gasteiger partial charge in [-0.1, -0.05) is 0 Å². The van der Waals surface area contributed by atoms with E-state index in [9.17, 15) is 14.3 Å². The number of aromatic hydroxyl groups is 1. The van der Waals surface area contributed by atoms with Crippen LogP contribution in [-0.2, 0) is 4.79 Å². The van der Waals surface area contributed by atoms with Crippen LogP contribution < -0.4 is 10.5 Å². The molecule has 1 aromatic carbocycles. The van der Waals surface area contributed by atoms with Gasteiger partial charge >= 0.3 is 5.97 Å². The van der Waals surface area contributed by atoms with E-state index in [1.165, 1.54) is 13.2 Å². The first-order chi connectivity index (χ1) is 6.99. The molecule has 0 saturated heterocycles. The maximum atomic E-state index is 13.2. The molecule has 0 aromatic heterocycles. The Labute approximate surface area is 84.9 Å². The molecule has 5 nitrogen and oxygen atoms in total. The summed E-state index contributed by atoms with van der Waals surface area (Å²) in [5.74, 6) is -2.93. The number of phenolic OH excluding ortho intramolecular Hbond substituents is 1. The maximum absolute atomic E-state index is 13.2. The number of halogens is 1. The number of hydrogen-bond acceptors (Lipinski definition) is 4. The molecule has 0 amide bonds. The molecule has 82 valence electrons. The molecule has 4 N–H and O–H groups in total. The van der Waals surface area contributed by atoms with Crippen molar-refractivity contribution < 1.29 is 24.1 Å². The molecule has 0 heterocycles. The number of benzene rings is 1. The van der Waals surface area contributed by atoms with E-state index in [1.807, 2.05) is 0 Å². The van der Waals surface area contributed by atoms with Crippen LogP contribution in [0.2, 0.25) is 0 Å². The van der Waals surface area contributed by atoms with Gasteiger partial charge in [0.2, 0.25) is 0 Å². The molecule has 0 bridgehead atoms. The van der Waals surface area contributed by atoms with E-state index in [0.717, 1.165) is 6.07 Å². The third-order valence-corrected chi connectivity index (χ3v) is 1.92. The monoisotopic (exact) mass is 215 g/mol. The number of carbonyl (C=O) groups is 1. The fraction of sp³-hybridized carbons (Fsp3) is 0.222. The lowest BCUT2D eigenvalue weighted by Crippen LogP contribution is -2.22. The zero-order valence-electron chi connectivity index (χ0n) is 7.90. The van der Waals surface area contributed by atoms with Gasteiger partial charge in [-0.25, -0.2) is 4.39 Å². The molecule has 1 rings (SSSR count). The van der Waals surface area contributed by atoms with Crippen molar-refractivity contribution in [1.82, 2.24) is 0 Å². The molecule has 1 aromatic rings. The van der Waals surface area contributed by atoms with Gasteiger partial charge in [-0.15, -0.1) is 0 Å². The van der Waals surface area contributed by atoms with Crippen LogP contribution >= 0.6 is 0 Å². The fourth-order valence-electron chi connectivity index (χ4n) is 1.15. The normalized spacial score (nSPS) is 12.2. The summed E-state index contributed by atoms with van der Waals surface area (Å²) >= 11 is 0. The first-order valence-electron chi connectivity index (χ1n) is 4.02. The van der Waals surface area contributed by atoms with Gasteiger partial charge in [0.05, 0.1) is 12.7 Å². The van der Waals surface area contributed by atoms with Gasteiger partial charge in [-0.3, -0.25) is 4.79 Å². The van der Waals surface area contributed by atoms with Crippen molar-refractivity contribution in [3.8, 4) is 11.5 Å². The minimum absolute atomic E-state index is 0.0249. The molecule has 1 unspecified atom stereocenters. The Balaban J connectivity index is 3.32. The highest BCUT2D eigenvalue weighted by Crippen LogP contribution is 2.34. The molecule has 6 heteroatoms. The lowest BCUT2D eigenvalue weighted by Gasteiger charge is -2.12. The van der Waals surface area contributed by atoms with Crippen LogP contribution in [0, 0.1) is 5.82 Å². The lowest BCUT2D eigenvalue weighted by atomic mass is 10.1. The summed E-state index contributed by atoms with van der Waals surface area (Å²) in [7, 11) is 1.27. The van der Waals surface area contributed by atoms with E-state index in [4.69, 9.17) is 15.6 Å². The van der Waals surface area contributed by atoms with E-state index >= 15 is 0 Å². The first-order valence-corrected chi connectivity index (χ1v) is 4.02. The number of rotatable bonds is 3. The fourth-order valence-corrected chi connectivity index (χ4v) is 1.15. The Bertz CT molecular complexity index is 394. The molecular weight excluding hydrogens is 205 g/mol. The zero-order valence-corrected chi connectivity index (χ0v) is 7.90. The Morgan fingerprint density at radius 3 is 2.67 bits per heavy atom. The molecule has 0 radical (unpaired) electrons. The van der Waals surface area contributed by atoms with Gasteiger partial charge in [0.25, 0.3) is 0 Å². The third kappa shape index (κ3) is 1.99. The van der Waals surface area contributed by atoms with Crippen molar-refractivity contribution in [2.24, 2.45) is 5.73 Å². The van der Waals surface area contributed by atoms with Crippen LogP contribution in [0.1, 0.15) is 11.6 Å². The summed E-state index contributed by atoms with van der Waals surface area (Å²) in [5, 5.41) is 18.1. The topological polar surface area (TPSA) is 92.8 Å². The van der Waals surface area contributed by atoms with Crippen molar-refractivity contribution in [2.75, 3.05) is 7.11 Å². The molecule has 1 atom stereocenters. The van der Waals surface area contributed by atoms with Gasteiger partial charge in [0.15, 0.2) is 11.5 Å². The van der Waals surface area contributed by atoms with Crippen molar-refractivity contribution in [1.29, 1.82) is 0 Å². The van der Waals surface area contributed by atoms with Crippen molar-refractivity contribution in [2.45, 2.75) is 6.04 Å². The summed E-state index contributed by atoms with van der Waals surface area (Å²) in [6.45, 7) is 0. The highest BCUT2D eigenvalue weighted by atomic mass is 19.1. The maximum Gasteiger partial charge on any atom is 0.325 e. The average Bonchev–Trinajstić information content (AvgIpc) is 2.17. The number of methoxy groups -OCH3 is 1. The molecular formula is C9H10FNO4. The first kappa shape index (κ1) is 11.3. The summed E-state index contributed by atoms with van der Waals surface area (Å²) in [6, 6.07) is 0.541. The van der Waals surface area contributed by atoms with Crippen LogP contribution in [0.5, 0.6) is 11.5 Å². The standard InChI is InChI=1S/C9H10FNO4/c1-15-5-3-2-4(10)6(8(5)12)7(11)9(13)14/h2-3,7,12H,11H2,1H3,(H,13,14). The second-order valence-electron chi connectivity index (χ2n) is 2.83. The van der Waals surface area contributed by atoms with Crippen LogP contribution in [0.3, 0.4) is 0 Å².